The molecule has 2 aliphatic rings. The first kappa shape index (κ1) is 24.9. The Morgan fingerprint density at radius 3 is 2.47 bits per heavy atom. The van der Waals surface area contributed by atoms with Crippen molar-refractivity contribution in [1.82, 2.24) is 25.0 Å². The Labute approximate surface area is 197 Å². The molecule has 2 fully saturated rings. The number of aryl methyl sites for hydroxylation is 1. The molecule has 10 heteroatoms. The van der Waals surface area contributed by atoms with E-state index in [-0.39, 0.29) is 23.8 Å². The summed E-state index contributed by atoms with van der Waals surface area (Å²) in [5, 5.41) is 5.58. The molecule has 1 amide bonds. The summed E-state index contributed by atoms with van der Waals surface area (Å²) in [7, 11) is 0. The number of carbonyl (C=O) groups excluding carboxylic acids is 1. The quantitative estimate of drug-likeness (QED) is 0.648. The van der Waals surface area contributed by atoms with Crippen LogP contribution in [0.1, 0.15) is 80.2 Å². The van der Waals surface area contributed by atoms with Gasteiger partial charge in [-0.2, -0.15) is 13.2 Å². The summed E-state index contributed by atoms with van der Waals surface area (Å²) in [5.41, 5.74) is 1.95. The molecule has 34 heavy (non-hydrogen) atoms. The zero-order chi connectivity index (χ0) is 24.5. The summed E-state index contributed by atoms with van der Waals surface area (Å²) in [4.78, 5) is 21.9. The van der Waals surface area contributed by atoms with Crippen LogP contribution in [-0.4, -0.2) is 57.8 Å². The number of amides is 1. The molecule has 4 rings (SSSR count). The summed E-state index contributed by atoms with van der Waals surface area (Å²) >= 11 is 0. The lowest BCUT2D eigenvalue weighted by atomic mass is 9.82. The van der Waals surface area contributed by atoms with Gasteiger partial charge in [0.2, 0.25) is 0 Å². The third-order valence-electron chi connectivity index (χ3n) is 6.98. The standard InChI is InChI=1S/C24H34F3N5O2/c1-14(2)34-18-6-4-17(5-7-18)21(24(25,26)27)31-23(33)20-22-30-19(16-8-10-28-11-9-16)12-15(3)32(22)13-29-20/h12-14,16-18,21,28H,4-11H2,1-3H3,(H,31,33). The SMILES string of the molecule is Cc1cc(C2CCNCC2)nc2c(C(=O)NC(C3CCC(OC(C)C)CC3)C(F)(F)F)ncn12. The highest BCUT2D eigenvalue weighted by Gasteiger charge is 2.47. The van der Waals surface area contributed by atoms with Crippen LogP contribution in [0.3, 0.4) is 0 Å². The molecule has 3 heterocycles. The molecular formula is C24H34F3N5O2. The molecule has 188 valence electrons. The molecule has 0 radical (unpaired) electrons. The van der Waals surface area contributed by atoms with Crippen molar-refractivity contribution < 1.29 is 22.7 Å². The van der Waals surface area contributed by atoms with Gasteiger partial charge >= 0.3 is 6.18 Å². The van der Waals surface area contributed by atoms with Crippen LogP contribution in [0.15, 0.2) is 12.4 Å². The van der Waals surface area contributed by atoms with Crippen LogP contribution in [-0.2, 0) is 4.74 Å². The molecule has 1 aliphatic carbocycles. The maximum absolute atomic E-state index is 14.0. The number of alkyl halides is 3. The Bertz CT molecular complexity index is 992. The lowest BCUT2D eigenvalue weighted by molar-refractivity contribution is -0.170. The number of nitrogens with one attached hydrogen (secondary N) is 2. The Morgan fingerprint density at radius 1 is 1.18 bits per heavy atom. The van der Waals surface area contributed by atoms with Gasteiger partial charge in [0.05, 0.1) is 12.2 Å². The number of rotatable bonds is 6. The van der Waals surface area contributed by atoms with E-state index in [2.05, 4.69) is 20.6 Å². The average molecular weight is 482 g/mol. The molecular weight excluding hydrogens is 447 g/mol. The number of nitrogens with zero attached hydrogens (tertiary/aromatic N) is 3. The van der Waals surface area contributed by atoms with Gasteiger partial charge in [-0.25, -0.2) is 9.97 Å². The van der Waals surface area contributed by atoms with Gasteiger partial charge in [-0.05, 0) is 84.4 Å². The Kier molecular flexibility index (Phi) is 7.47. The zero-order valence-electron chi connectivity index (χ0n) is 20.0. The minimum absolute atomic E-state index is 0.0292. The predicted molar refractivity (Wildman–Crippen MR) is 122 cm³/mol. The van der Waals surface area contributed by atoms with Crippen molar-refractivity contribution in [2.45, 2.75) is 89.6 Å². The van der Waals surface area contributed by atoms with Crippen molar-refractivity contribution in [1.29, 1.82) is 0 Å². The summed E-state index contributed by atoms with van der Waals surface area (Å²) in [6, 6.07) is 0.0492. The molecule has 7 nitrogen and oxygen atoms in total. The van der Waals surface area contributed by atoms with Crippen LogP contribution in [0.4, 0.5) is 13.2 Å². The van der Waals surface area contributed by atoms with Crippen LogP contribution in [0.25, 0.3) is 5.65 Å². The van der Waals surface area contributed by atoms with Crippen LogP contribution in [0.2, 0.25) is 0 Å². The number of halogens is 3. The molecule has 1 atom stereocenters. The number of imidazole rings is 1. The molecule has 1 saturated heterocycles. The van der Waals surface area contributed by atoms with Crippen LogP contribution in [0.5, 0.6) is 0 Å². The summed E-state index contributed by atoms with van der Waals surface area (Å²) < 4.78 is 49.5. The molecule has 2 aromatic heterocycles. The van der Waals surface area contributed by atoms with Gasteiger partial charge in [-0.3, -0.25) is 9.20 Å². The second-order valence-corrected chi connectivity index (χ2v) is 9.85. The van der Waals surface area contributed by atoms with E-state index in [1.807, 2.05) is 26.8 Å². The zero-order valence-corrected chi connectivity index (χ0v) is 20.0. The van der Waals surface area contributed by atoms with Gasteiger partial charge in [-0.15, -0.1) is 0 Å². The van der Waals surface area contributed by atoms with Crippen molar-refractivity contribution in [2.24, 2.45) is 5.92 Å². The van der Waals surface area contributed by atoms with Crippen LogP contribution < -0.4 is 10.6 Å². The number of piperidine rings is 1. The first-order chi connectivity index (χ1) is 16.1. The van der Waals surface area contributed by atoms with E-state index < -0.39 is 24.0 Å². The van der Waals surface area contributed by atoms with E-state index in [0.717, 1.165) is 37.3 Å². The lowest BCUT2D eigenvalue weighted by Gasteiger charge is -2.35. The fraction of sp³-hybridized carbons (Fsp3) is 0.708. The fourth-order valence-corrected chi connectivity index (χ4v) is 5.25. The smallest absolute Gasteiger partial charge is 0.376 e. The van der Waals surface area contributed by atoms with Crippen LogP contribution in [0, 0.1) is 12.8 Å². The van der Waals surface area contributed by atoms with E-state index in [0.29, 0.717) is 31.3 Å². The van der Waals surface area contributed by atoms with E-state index in [1.54, 1.807) is 4.40 Å². The second-order valence-electron chi connectivity index (χ2n) is 9.85. The van der Waals surface area contributed by atoms with E-state index >= 15 is 0 Å². The van der Waals surface area contributed by atoms with Crippen molar-refractivity contribution in [3.05, 3.63) is 29.5 Å². The predicted octanol–water partition coefficient (Wildman–Crippen LogP) is 4.15. The van der Waals surface area contributed by atoms with Gasteiger partial charge in [-0.1, -0.05) is 0 Å². The van der Waals surface area contributed by atoms with Crippen molar-refractivity contribution in [2.75, 3.05) is 13.1 Å². The highest BCUT2D eigenvalue weighted by molar-refractivity contribution is 5.98. The molecule has 2 aromatic rings. The summed E-state index contributed by atoms with van der Waals surface area (Å²) in [6.07, 6.45) is 0.582. The number of hydrogen-bond donors (Lipinski definition) is 2. The van der Waals surface area contributed by atoms with Crippen molar-refractivity contribution in [3.63, 3.8) is 0 Å². The maximum Gasteiger partial charge on any atom is 0.408 e. The van der Waals surface area contributed by atoms with Gasteiger partial charge < -0.3 is 15.4 Å². The lowest BCUT2D eigenvalue weighted by Crippen LogP contribution is -2.51. The second kappa shape index (κ2) is 10.2. The van der Waals surface area contributed by atoms with Crippen molar-refractivity contribution >= 4 is 11.6 Å². The van der Waals surface area contributed by atoms with Crippen molar-refractivity contribution in [3.8, 4) is 0 Å². The van der Waals surface area contributed by atoms with Crippen LogP contribution >= 0.6 is 0 Å². The van der Waals surface area contributed by atoms with Gasteiger partial charge in [0, 0.05) is 17.3 Å². The number of aromatic nitrogens is 3. The minimum Gasteiger partial charge on any atom is -0.376 e. The first-order valence-corrected chi connectivity index (χ1v) is 12.2. The summed E-state index contributed by atoms with van der Waals surface area (Å²) in [6.45, 7) is 7.51. The molecule has 1 aliphatic heterocycles. The minimum atomic E-state index is -4.55. The number of fused-ring (bicyclic) bond motifs is 1. The summed E-state index contributed by atoms with van der Waals surface area (Å²) in [5.74, 6) is -1.27. The highest BCUT2D eigenvalue weighted by Crippen LogP contribution is 2.36. The topological polar surface area (TPSA) is 80.5 Å². The van der Waals surface area contributed by atoms with E-state index in [1.165, 1.54) is 6.33 Å². The van der Waals surface area contributed by atoms with Gasteiger partial charge in [0.1, 0.15) is 12.4 Å². The number of carbonyl (C=O) groups is 1. The largest absolute Gasteiger partial charge is 0.408 e. The number of ether oxygens (including phenoxy) is 1. The molecule has 0 bridgehead atoms. The molecule has 1 saturated carbocycles. The van der Waals surface area contributed by atoms with E-state index in [9.17, 15) is 18.0 Å². The Hall–Kier alpha value is -2.20. The third kappa shape index (κ3) is 5.54. The average Bonchev–Trinajstić information content (AvgIpc) is 3.22. The van der Waals surface area contributed by atoms with Gasteiger partial charge in [0.25, 0.3) is 5.91 Å². The maximum atomic E-state index is 14.0. The van der Waals surface area contributed by atoms with Gasteiger partial charge in [0.15, 0.2) is 11.3 Å². The molecule has 0 spiro atoms. The van der Waals surface area contributed by atoms with E-state index in [4.69, 9.17) is 4.74 Å². The fourth-order valence-electron chi connectivity index (χ4n) is 5.25. The first-order valence-electron chi connectivity index (χ1n) is 12.2. The number of hydrogen-bond acceptors (Lipinski definition) is 5. The highest BCUT2D eigenvalue weighted by atomic mass is 19.4. The molecule has 1 unspecified atom stereocenters. The molecule has 0 aromatic carbocycles. The Morgan fingerprint density at radius 2 is 1.85 bits per heavy atom. The monoisotopic (exact) mass is 481 g/mol. The normalized spacial score (nSPS) is 23.4. The molecule has 2 N–H and O–H groups in total. The third-order valence-corrected chi connectivity index (χ3v) is 6.98. The Balaban J connectivity index is 1.54.